The van der Waals surface area contributed by atoms with Gasteiger partial charge in [0.1, 0.15) is 0 Å². The number of carbonyl (C=O) groups is 2. The van der Waals surface area contributed by atoms with E-state index in [2.05, 4.69) is 5.32 Å². The fourth-order valence-electron chi connectivity index (χ4n) is 3.84. The highest BCUT2D eigenvalue weighted by Crippen LogP contribution is 2.22. The minimum absolute atomic E-state index is 0.0000460. The lowest BCUT2D eigenvalue weighted by Crippen LogP contribution is -2.40. The van der Waals surface area contributed by atoms with Gasteiger partial charge in [-0.25, -0.2) is 13.6 Å². The van der Waals surface area contributed by atoms with Crippen molar-refractivity contribution >= 4 is 21.8 Å². The molecule has 1 heterocycles. The van der Waals surface area contributed by atoms with Crippen LogP contribution in [-0.4, -0.2) is 44.3 Å². The highest BCUT2D eigenvalue weighted by molar-refractivity contribution is 7.89. The number of nitrogens with one attached hydrogen (secondary N) is 1. The van der Waals surface area contributed by atoms with Crippen LogP contribution >= 0.6 is 0 Å². The molecule has 2 fully saturated rings. The van der Waals surface area contributed by atoms with E-state index in [9.17, 15) is 18.0 Å². The maximum atomic E-state index is 12.5. The van der Waals surface area contributed by atoms with E-state index in [-0.39, 0.29) is 35.1 Å². The molecule has 0 radical (unpaired) electrons. The third-order valence-electron chi connectivity index (χ3n) is 5.46. The molecule has 1 aromatic rings. The molecule has 1 atom stereocenters. The minimum atomic E-state index is -3.70. The SMILES string of the molecule is NS(=O)(=O)c1ccc(CCN2CC(C(=O)NC3CCCCC3)CC2=O)cc1. The van der Waals surface area contributed by atoms with Crippen LogP contribution in [0.2, 0.25) is 0 Å². The highest BCUT2D eigenvalue weighted by Gasteiger charge is 2.34. The van der Waals surface area contributed by atoms with Gasteiger partial charge in [-0.3, -0.25) is 9.59 Å². The smallest absolute Gasteiger partial charge is 0.238 e. The molecular weight excluding hydrogens is 366 g/mol. The second-order valence-corrected chi connectivity index (χ2v) is 9.08. The molecule has 8 heteroatoms. The minimum Gasteiger partial charge on any atom is -0.353 e. The van der Waals surface area contributed by atoms with Gasteiger partial charge in [0.05, 0.1) is 10.8 Å². The second kappa shape index (κ2) is 8.39. The fourth-order valence-corrected chi connectivity index (χ4v) is 4.36. The molecule has 0 bridgehead atoms. The van der Waals surface area contributed by atoms with Crippen molar-refractivity contribution in [1.29, 1.82) is 0 Å². The standard InChI is InChI=1S/C19H27N3O4S/c20-27(25,26)17-8-6-14(7-9-17)10-11-22-13-15(12-18(22)23)19(24)21-16-4-2-1-3-5-16/h6-9,15-16H,1-5,10-13H2,(H,21,24)(H2,20,25,26). The Bertz CT molecular complexity index is 786. The van der Waals surface area contributed by atoms with E-state index in [1.807, 2.05) is 0 Å². The van der Waals surface area contributed by atoms with E-state index in [4.69, 9.17) is 5.14 Å². The maximum absolute atomic E-state index is 12.5. The number of carbonyl (C=O) groups excluding carboxylic acids is 2. The summed E-state index contributed by atoms with van der Waals surface area (Å²) in [7, 11) is -3.70. The first-order chi connectivity index (χ1) is 12.8. The van der Waals surface area contributed by atoms with Crippen molar-refractivity contribution in [3.8, 4) is 0 Å². The van der Waals surface area contributed by atoms with E-state index in [1.165, 1.54) is 18.6 Å². The number of hydrogen-bond donors (Lipinski definition) is 2. The molecule has 1 aromatic carbocycles. The van der Waals surface area contributed by atoms with Crippen molar-refractivity contribution in [1.82, 2.24) is 10.2 Å². The van der Waals surface area contributed by atoms with Crippen LogP contribution in [0.3, 0.4) is 0 Å². The molecule has 0 spiro atoms. The van der Waals surface area contributed by atoms with Crippen molar-refractivity contribution in [3.63, 3.8) is 0 Å². The number of nitrogens with zero attached hydrogens (tertiary/aromatic N) is 1. The molecule has 1 saturated carbocycles. The molecule has 1 aliphatic carbocycles. The number of likely N-dealkylation sites (tertiary alicyclic amines) is 1. The lowest BCUT2D eigenvalue weighted by molar-refractivity contribution is -0.129. The molecule has 2 aliphatic rings. The molecule has 1 saturated heterocycles. The zero-order valence-corrected chi connectivity index (χ0v) is 16.2. The molecule has 2 amide bonds. The van der Waals surface area contributed by atoms with Crippen molar-refractivity contribution in [2.75, 3.05) is 13.1 Å². The zero-order valence-electron chi connectivity index (χ0n) is 15.4. The van der Waals surface area contributed by atoms with Gasteiger partial charge in [-0.2, -0.15) is 0 Å². The van der Waals surface area contributed by atoms with Gasteiger partial charge in [-0.1, -0.05) is 31.4 Å². The van der Waals surface area contributed by atoms with Crippen LogP contribution in [0.15, 0.2) is 29.2 Å². The van der Waals surface area contributed by atoms with Gasteiger partial charge in [-0.05, 0) is 37.0 Å². The van der Waals surface area contributed by atoms with Gasteiger partial charge in [-0.15, -0.1) is 0 Å². The van der Waals surface area contributed by atoms with E-state index < -0.39 is 10.0 Å². The second-order valence-electron chi connectivity index (χ2n) is 7.52. The van der Waals surface area contributed by atoms with Gasteiger partial charge < -0.3 is 10.2 Å². The zero-order chi connectivity index (χ0) is 19.4. The number of hydrogen-bond acceptors (Lipinski definition) is 4. The largest absolute Gasteiger partial charge is 0.353 e. The molecule has 3 N–H and O–H groups in total. The normalized spacial score (nSPS) is 21.4. The Morgan fingerprint density at radius 2 is 1.81 bits per heavy atom. The topological polar surface area (TPSA) is 110 Å². The summed E-state index contributed by atoms with van der Waals surface area (Å²) in [6.45, 7) is 0.966. The van der Waals surface area contributed by atoms with E-state index in [1.54, 1.807) is 17.0 Å². The summed E-state index contributed by atoms with van der Waals surface area (Å²) in [5, 5.41) is 8.20. The van der Waals surface area contributed by atoms with Crippen LogP contribution in [0.4, 0.5) is 0 Å². The summed E-state index contributed by atoms with van der Waals surface area (Å²) in [5.41, 5.74) is 0.922. The quantitative estimate of drug-likeness (QED) is 0.756. The first-order valence-electron chi connectivity index (χ1n) is 9.53. The van der Waals surface area contributed by atoms with Crippen LogP contribution < -0.4 is 10.5 Å². The molecule has 7 nitrogen and oxygen atoms in total. The Balaban J connectivity index is 1.49. The van der Waals surface area contributed by atoms with E-state index in [0.717, 1.165) is 31.2 Å². The Morgan fingerprint density at radius 3 is 2.44 bits per heavy atom. The highest BCUT2D eigenvalue weighted by atomic mass is 32.2. The van der Waals surface area contributed by atoms with Gasteiger partial charge in [0, 0.05) is 25.6 Å². The summed E-state index contributed by atoms with van der Waals surface area (Å²) < 4.78 is 22.6. The monoisotopic (exact) mass is 393 g/mol. The number of nitrogens with two attached hydrogens (primary N) is 1. The molecule has 3 rings (SSSR count). The first-order valence-corrected chi connectivity index (χ1v) is 11.1. The van der Waals surface area contributed by atoms with Crippen LogP contribution in [0.5, 0.6) is 0 Å². The summed E-state index contributed by atoms with van der Waals surface area (Å²) >= 11 is 0. The summed E-state index contributed by atoms with van der Waals surface area (Å²) in [5.74, 6) is -0.278. The Morgan fingerprint density at radius 1 is 1.15 bits per heavy atom. The average Bonchev–Trinajstić information content (AvgIpc) is 3.01. The number of amides is 2. The third-order valence-corrected chi connectivity index (χ3v) is 6.39. The summed E-state index contributed by atoms with van der Waals surface area (Å²) in [6, 6.07) is 6.60. The predicted octanol–water partition coefficient (Wildman–Crippen LogP) is 1.17. The first kappa shape index (κ1) is 19.8. The van der Waals surface area contributed by atoms with Crippen LogP contribution in [0, 0.1) is 5.92 Å². The van der Waals surface area contributed by atoms with Crippen LogP contribution in [-0.2, 0) is 26.0 Å². The van der Waals surface area contributed by atoms with E-state index >= 15 is 0 Å². The average molecular weight is 394 g/mol. The van der Waals surface area contributed by atoms with Crippen molar-refractivity contribution in [2.45, 2.75) is 55.9 Å². The predicted molar refractivity (Wildman–Crippen MR) is 101 cm³/mol. The molecule has 0 aromatic heterocycles. The number of rotatable bonds is 6. The fraction of sp³-hybridized carbons (Fsp3) is 0.579. The molecule has 1 aliphatic heterocycles. The van der Waals surface area contributed by atoms with Gasteiger partial charge in [0.2, 0.25) is 21.8 Å². The van der Waals surface area contributed by atoms with Crippen LogP contribution in [0.1, 0.15) is 44.1 Å². The van der Waals surface area contributed by atoms with E-state index in [0.29, 0.717) is 19.5 Å². The Kier molecular flexibility index (Phi) is 6.16. The summed E-state index contributed by atoms with van der Waals surface area (Å²) in [4.78, 5) is 26.5. The molecule has 1 unspecified atom stereocenters. The number of sulfonamides is 1. The van der Waals surface area contributed by atoms with Crippen molar-refractivity contribution in [2.24, 2.45) is 11.1 Å². The number of benzene rings is 1. The van der Waals surface area contributed by atoms with Gasteiger partial charge in [0.15, 0.2) is 0 Å². The Hall–Kier alpha value is -1.93. The van der Waals surface area contributed by atoms with Gasteiger partial charge in [0.25, 0.3) is 0 Å². The van der Waals surface area contributed by atoms with Crippen molar-refractivity contribution in [3.05, 3.63) is 29.8 Å². The maximum Gasteiger partial charge on any atom is 0.238 e. The van der Waals surface area contributed by atoms with Crippen molar-refractivity contribution < 1.29 is 18.0 Å². The lowest BCUT2D eigenvalue weighted by atomic mass is 9.95. The lowest BCUT2D eigenvalue weighted by Gasteiger charge is -2.24. The molecule has 148 valence electrons. The van der Waals surface area contributed by atoms with Gasteiger partial charge >= 0.3 is 0 Å². The Labute approximate surface area is 160 Å². The molecular formula is C19H27N3O4S. The third kappa shape index (κ3) is 5.29. The van der Waals surface area contributed by atoms with Crippen LogP contribution in [0.25, 0.3) is 0 Å². The summed E-state index contributed by atoms with van der Waals surface area (Å²) in [6.07, 6.45) is 6.49. The molecule has 27 heavy (non-hydrogen) atoms. The number of primary sulfonamides is 1.